The molecule has 3 N–H and O–H groups in total. The Morgan fingerprint density at radius 3 is 2.50 bits per heavy atom. The van der Waals surface area contributed by atoms with Crippen molar-refractivity contribution >= 4 is 6.01 Å². The molecule has 90 valence electrons. The van der Waals surface area contributed by atoms with Gasteiger partial charge < -0.3 is 9.26 Å². The fourth-order valence-corrected chi connectivity index (χ4v) is 2.29. The van der Waals surface area contributed by atoms with Gasteiger partial charge in [0.15, 0.2) is 0 Å². The lowest BCUT2D eigenvalue weighted by Crippen LogP contribution is -2.29. The van der Waals surface area contributed by atoms with Crippen LogP contribution in [0.25, 0.3) is 0 Å². The monoisotopic (exact) mass is 226 g/mol. The number of hydrazine groups is 1. The highest BCUT2D eigenvalue weighted by Crippen LogP contribution is 2.37. The van der Waals surface area contributed by atoms with Gasteiger partial charge in [-0.25, -0.2) is 5.84 Å². The Balaban J connectivity index is 2.24. The van der Waals surface area contributed by atoms with Crippen molar-refractivity contribution in [1.29, 1.82) is 0 Å². The molecule has 6 nitrogen and oxygen atoms in total. The highest BCUT2D eigenvalue weighted by molar-refractivity contribution is 5.17. The van der Waals surface area contributed by atoms with Gasteiger partial charge >= 0.3 is 6.01 Å². The summed E-state index contributed by atoms with van der Waals surface area (Å²) in [7, 11) is 1.71. The minimum Gasteiger partial charge on any atom is -0.370 e. The number of nitrogens with zero attached hydrogens (tertiary/aromatic N) is 2. The van der Waals surface area contributed by atoms with Crippen molar-refractivity contribution in [2.24, 2.45) is 5.84 Å². The van der Waals surface area contributed by atoms with E-state index in [4.69, 9.17) is 15.1 Å². The molecule has 1 aromatic rings. The van der Waals surface area contributed by atoms with Gasteiger partial charge in [0.05, 0.1) is 0 Å². The molecule has 0 unspecified atom stereocenters. The highest BCUT2D eigenvalue weighted by atomic mass is 16.5. The number of ether oxygens (including phenoxy) is 1. The van der Waals surface area contributed by atoms with Crippen molar-refractivity contribution in [3.63, 3.8) is 0 Å². The van der Waals surface area contributed by atoms with Crippen molar-refractivity contribution in [3.05, 3.63) is 5.82 Å². The molecule has 16 heavy (non-hydrogen) atoms. The van der Waals surface area contributed by atoms with Crippen LogP contribution in [-0.2, 0) is 10.3 Å². The molecule has 1 saturated carbocycles. The zero-order valence-corrected chi connectivity index (χ0v) is 9.53. The molecule has 0 bridgehead atoms. The van der Waals surface area contributed by atoms with Gasteiger partial charge in [-0.05, 0) is 12.8 Å². The number of nitrogens with two attached hydrogens (primary N) is 1. The molecule has 1 aliphatic carbocycles. The van der Waals surface area contributed by atoms with E-state index >= 15 is 0 Å². The standard InChI is InChI=1S/C10H18N4O2/c1-15-10(6-4-2-3-5-7-10)8-12-9(13-11)16-14-8/h2-7,11H2,1H3,(H,12,13,14). The van der Waals surface area contributed by atoms with E-state index in [-0.39, 0.29) is 6.01 Å². The van der Waals surface area contributed by atoms with Crippen LogP contribution >= 0.6 is 0 Å². The molecule has 1 aromatic heterocycles. The first-order chi connectivity index (χ1) is 7.80. The van der Waals surface area contributed by atoms with Gasteiger partial charge in [0.25, 0.3) is 0 Å². The maximum Gasteiger partial charge on any atom is 0.335 e. The topological polar surface area (TPSA) is 86.2 Å². The van der Waals surface area contributed by atoms with Gasteiger partial charge in [0.1, 0.15) is 5.60 Å². The number of nitrogen functional groups attached to an aromatic ring is 1. The van der Waals surface area contributed by atoms with Gasteiger partial charge in [-0.3, -0.25) is 5.43 Å². The summed E-state index contributed by atoms with van der Waals surface area (Å²) in [6, 6.07) is 0.232. The molecule has 6 heteroatoms. The largest absolute Gasteiger partial charge is 0.370 e. The van der Waals surface area contributed by atoms with E-state index in [1.807, 2.05) is 0 Å². The van der Waals surface area contributed by atoms with Crippen LogP contribution < -0.4 is 11.3 Å². The molecule has 0 aromatic carbocycles. The fraction of sp³-hybridized carbons (Fsp3) is 0.800. The van der Waals surface area contributed by atoms with E-state index in [1.54, 1.807) is 7.11 Å². The van der Waals surface area contributed by atoms with Crippen LogP contribution in [0.1, 0.15) is 44.3 Å². The molecular formula is C10H18N4O2. The average molecular weight is 226 g/mol. The maximum atomic E-state index is 5.65. The van der Waals surface area contributed by atoms with Gasteiger partial charge in [0.2, 0.25) is 5.82 Å². The van der Waals surface area contributed by atoms with Crippen LogP contribution in [0.5, 0.6) is 0 Å². The Morgan fingerprint density at radius 2 is 2.00 bits per heavy atom. The number of rotatable bonds is 3. The number of hydrogen-bond acceptors (Lipinski definition) is 6. The summed E-state index contributed by atoms with van der Waals surface area (Å²) in [5.74, 6) is 5.82. The summed E-state index contributed by atoms with van der Waals surface area (Å²) < 4.78 is 10.6. The number of nitrogens with one attached hydrogen (secondary N) is 1. The SMILES string of the molecule is COC1(c2noc(NN)n2)CCCCCC1. The molecule has 0 atom stereocenters. The summed E-state index contributed by atoms with van der Waals surface area (Å²) >= 11 is 0. The van der Waals surface area contributed by atoms with Crippen molar-refractivity contribution in [2.75, 3.05) is 12.5 Å². The minimum atomic E-state index is -0.394. The summed E-state index contributed by atoms with van der Waals surface area (Å²) in [5.41, 5.74) is 1.95. The van der Waals surface area contributed by atoms with Crippen LogP contribution in [0.3, 0.4) is 0 Å². The lowest BCUT2D eigenvalue weighted by Gasteiger charge is -2.27. The predicted octanol–water partition coefficient (Wildman–Crippen LogP) is 1.55. The zero-order valence-electron chi connectivity index (χ0n) is 9.53. The Hall–Kier alpha value is -1.14. The summed E-state index contributed by atoms with van der Waals surface area (Å²) in [5, 5.41) is 3.94. The molecule has 0 saturated heterocycles. The normalized spacial score (nSPS) is 20.4. The lowest BCUT2D eigenvalue weighted by atomic mass is 9.93. The third-order valence-electron chi connectivity index (χ3n) is 3.26. The molecule has 1 aliphatic rings. The molecule has 2 rings (SSSR count). The second-order valence-electron chi connectivity index (χ2n) is 4.18. The van der Waals surface area contributed by atoms with Gasteiger partial charge in [-0.2, -0.15) is 4.98 Å². The first-order valence-electron chi connectivity index (χ1n) is 5.67. The van der Waals surface area contributed by atoms with Crippen LogP contribution in [0.2, 0.25) is 0 Å². The van der Waals surface area contributed by atoms with E-state index in [0.29, 0.717) is 5.82 Å². The number of anilines is 1. The number of methoxy groups -OCH3 is 1. The quantitative estimate of drug-likeness (QED) is 0.462. The molecule has 0 aliphatic heterocycles. The van der Waals surface area contributed by atoms with Gasteiger partial charge in [-0.15, -0.1) is 0 Å². The summed E-state index contributed by atoms with van der Waals surface area (Å²) in [4.78, 5) is 4.20. The third kappa shape index (κ3) is 2.03. The van der Waals surface area contributed by atoms with Gasteiger partial charge in [-0.1, -0.05) is 30.8 Å². The van der Waals surface area contributed by atoms with E-state index in [0.717, 1.165) is 25.7 Å². The third-order valence-corrected chi connectivity index (χ3v) is 3.26. The zero-order chi connectivity index (χ0) is 11.4. The van der Waals surface area contributed by atoms with Crippen LogP contribution in [-0.4, -0.2) is 17.3 Å². The molecule has 0 radical (unpaired) electrons. The number of hydrogen-bond donors (Lipinski definition) is 2. The second kappa shape index (κ2) is 4.80. The smallest absolute Gasteiger partial charge is 0.335 e. The van der Waals surface area contributed by atoms with Crippen molar-refractivity contribution < 1.29 is 9.26 Å². The minimum absolute atomic E-state index is 0.232. The second-order valence-corrected chi connectivity index (χ2v) is 4.18. The first kappa shape index (κ1) is 11.3. The van der Waals surface area contributed by atoms with E-state index in [2.05, 4.69) is 15.6 Å². The Morgan fingerprint density at radius 1 is 1.31 bits per heavy atom. The molecule has 0 spiro atoms. The van der Waals surface area contributed by atoms with E-state index in [9.17, 15) is 0 Å². The average Bonchev–Trinajstić information content (AvgIpc) is 2.68. The summed E-state index contributed by atoms with van der Waals surface area (Å²) in [6.45, 7) is 0. The summed E-state index contributed by atoms with van der Waals surface area (Å²) in [6.07, 6.45) is 6.62. The van der Waals surface area contributed by atoms with E-state index in [1.165, 1.54) is 12.8 Å². The Labute approximate surface area is 94.5 Å². The lowest BCUT2D eigenvalue weighted by molar-refractivity contribution is -0.0365. The molecule has 1 heterocycles. The predicted molar refractivity (Wildman–Crippen MR) is 58.5 cm³/mol. The van der Waals surface area contributed by atoms with Crippen LogP contribution in [0, 0.1) is 0 Å². The Kier molecular flexibility index (Phi) is 3.40. The molecule has 1 fully saturated rings. The maximum absolute atomic E-state index is 5.65. The van der Waals surface area contributed by atoms with Crippen LogP contribution in [0.15, 0.2) is 4.52 Å². The molecular weight excluding hydrogens is 208 g/mol. The van der Waals surface area contributed by atoms with Gasteiger partial charge in [0, 0.05) is 7.11 Å². The van der Waals surface area contributed by atoms with Crippen molar-refractivity contribution in [2.45, 2.75) is 44.1 Å². The van der Waals surface area contributed by atoms with Crippen LogP contribution in [0.4, 0.5) is 6.01 Å². The van der Waals surface area contributed by atoms with E-state index < -0.39 is 5.60 Å². The van der Waals surface area contributed by atoms with Crippen molar-refractivity contribution in [1.82, 2.24) is 10.1 Å². The fourth-order valence-electron chi connectivity index (χ4n) is 2.29. The van der Waals surface area contributed by atoms with Crippen molar-refractivity contribution in [3.8, 4) is 0 Å². The highest BCUT2D eigenvalue weighted by Gasteiger charge is 2.37. The Bertz CT molecular complexity index is 331. The molecule has 0 amide bonds. The number of aromatic nitrogens is 2. The first-order valence-corrected chi connectivity index (χ1v) is 5.67.